The van der Waals surface area contributed by atoms with Gasteiger partial charge in [0.2, 0.25) is 0 Å². The van der Waals surface area contributed by atoms with E-state index in [1.807, 2.05) is 0 Å². The average molecular weight is 223 g/mol. The van der Waals surface area contributed by atoms with E-state index in [2.05, 4.69) is 15.6 Å². The minimum absolute atomic E-state index is 0.307. The first-order chi connectivity index (χ1) is 7.61. The van der Waals surface area contributed by atoms with Crippen molar-refractivity contribution in [3.8, 4) is 0 Å². The highest BCUT2D eigenvalue weighted by molar-refractivity contribution is 5.97. The highest BCUT2D eigenvalue weighted by Crippen LogP contribution is 2.09. The van der Waals surface area contributed by atoms with Gasteiger partial charge in [-0.15, -0.1) is 0 Å². The molecule has 1 aromatic heterocycles. The number of nitrogens with zero attached hydrogens (tertiary/aromatic N) is 1. The number of primary amides is 2. The van der Waals surface area contributed by atoms with Crippen molar-refractivity contribution in [1.29, 1.82) is 0 Å². The highest BCUT2D eigenvalue weighted by Gasteiger charge is 2.07. The normalized spacial score (nSPS) is 9.50. The smallest absolute Gasteiger partial charge is 0.312 e. The molecule has 7 nitrogen and oxygen atoms in total. The summed E-state index contributed by atoms with van der Waals surface area (Å²) < 4.78 is 0. The molecule has 0 spiro atoms. The van der Waals surface area contributed by atoms with Crippen LogP contribution < -0.4 is 22.1 Å². The molecule has 0 saturated heterocycles. The first-order valence-corrected chi connectivity index (χ1v) is 4.63. The van der Waals surface area contributed by atoms with E-state index in [-0.39, 0.29) is 0 Å². The molecule has 6 N–H and O–H groups in total. The molecule has 0 bridgehead atoms. The molecule has 7 heteroatoms. The van der Waals surface area contributed by atoms with Gasteiger partial charge in [0.25, 0.3) is 5.91 Å². The first-order valence-electron chi connectivity index (χ1n) is 4.63. The van der Waals surface area contributed by atoms with Gasteiger partial charge in [0.15, 0.2) is 0 Å². The molecule has 0 aromatic carbocycles. The molecule has 1 aromatic rings. The van der Waals surface area contributed by atoms with Crippen LogP contribution in [0.25, 0.3) is 0 Å². The highest BCUT2D eigenvalue weighted by atomic mass is 16.2. The number of nitrogens with one attached hydrogen (secondary N) is 2. The Labute approximate surface area is 92.2 Å². The topological polar surface area (TPSA) is 123 Å². The Bertz CT molecular complexity index is 393. The second-order valence-corrected chi connectivity index (χ2v) is 2.98. The molecule has 0 unspecified atom stereocenters. The van der Waals surface area contributed by atoms with Crippen molar-refractivity contribution in [3.63, 3.8) is 0 Å². The van der Waals surface area contributed by atoms with Crippen LogP contribution in [0.5, 0.6) is 0 Å². The van der Waals surface area contributed by atoms with Crippen LogP contribution >= 0.6 is 0 Å². The quantitative estimate of drug-likeness (QED) is 0.491. The standard InChI is InChI=1S/C9H13N5O2/c10-7(15)6-2-1-3-12-8(6)13-4-5-14-9(11)16/h1-3H,4-5H2,(H2,10,15)(H,12,13)(H3,11,14,16). The molecule has 86 valence electrons. The lowest BCUT2D eigenvalue weighted by molar-refractivity contribution is 0.100. The lowest BCUT2D eigenvalue weighted by atomic mass is 10.2. The monoisotopic (exact) mass is 223 g/mol. The second kappa shape index (κ2) is 5.54. The maximum atomic E-state index is 11.0. The zero-order valence-electron chi connectivity index (χ0n) is 8.56. The van der Waals surface area contributed by atoms with Gasteiger partial charge in [-0.05, 0) is 12.1 Å². The van der Waals surface area contributed by atoms with E-state index in [9.17, 15) is 9.59 Å². The first kappa shape index (κ1) is 11.8. The fourth-order valence-corrected chi connectivity index (χ4v) is 1.11. The SMILES string of the molecule is NC(=O)NCCNc1ncccc1C(N)=O. The Balaban J connectivity index is 2.53. The lowest BCUT2D eigenvalue weighted by Crippen LogP contribution is -2.33. The Hall–Kier alpha value is -2.31. The minimum atomic E-state index is -0.599. The summed E-state index contributed by atoms with van der Waals surface area (Å²) in [7, 11) is 0. The number of pyridine rings is 1. The van der Waals surface area contributed by atoms with E-state index in [1.54, 1.807) is 12.1 Å². The van der Waals surface area contributed by atoms with Crippen LogP contribution in [-0.2, 0) is 0 Å². The number of nitrogens with two attached hydrogens (primary N) is 2. The number of amides is 3. The molecule has 3 amide bonds. The molecule has 1 heterocycles. The summed E-state index contributed by atoms with van der Waals surface area (Å²) in [6.45, 7) is 0.740. The van der Waals surface area contributed by atoms with E-state index in [4.69, 9.17) is 11.5 Å². The van der Waals surface area contributed by atoms with Crippen LogP contribution in [0.4, 0.5) is 10.6 Å². The van der Waals surface area contributed by atoms with Gasteiger partial charge < -0.3 is 22.1 Å². The molecule has 0 aliphatic carbocycles. The summed E-state index contributed by atoms with van der Waals surface area (Å²) in [6, 6.07) is 2.59. The zero-order valence-corrected chi connectivity index (χ0v) is 8.56. The van der Waals surface area contributed by atoms with Crippen LogP contribution in [0, 0.1) is 0 Å². The fourth-order valence-electron chi connectivity index (χ4n) is 1.11. The summed E-state index contributed by atoms with van der Waals surface area (Å²) in [5.41, 5.74) is 10.3. The molecule has 0 fully saturated rings. The van der Waals surface area contributed by atoms with E-state index < -0.39 is 11.9 Å². The number of carbonyl (C=O) groups excluding carboxylic acids is 2. The van der Waals surface area contributed by atoms with Crippen LogP contribution in [0.15, 0.2) is 18.3 Å². The largest absolute Gasteiger partial charge is 0.368 e. The number of aromatic nitrogens is 1. The van der Waals surface area contributed by atoms with E-state index >= 15 is 0 Å². The molecule has 0 atom stereocenters. The predicted octanol–water partition coefficient (Wildman–Crippen LogP) is -0.739. The average Bonchev–Trinajstić information content (AvgIpc) is 2.24. The van der Waals surface area contributed by atoms with E-state index in [0.29, 0.717) is 24.5 Å². The molecular formula is C9H13N5O2. The van der Waals surface area contributed by atoms with E-state index in [0.717, 1.165) is 0 Å². The van der Waals surface area contributed by atoms with Crippen molar-refractivity contribution in [2.45, 2.75) is 0 Å². The molecular weight excluding hydrogens is 210 g/mol. The van der Waals surface area contributed by atoms with Gasteiger partial charge in [0.05, 0.1) is 5.56 Å². The Morgan fingerprint density at radius 2 is 2.06 bits per heavy atom. The number of hydrogen-bond donors (Lipinski definition) is 4. The second-order valence-electron chi connectivity index (χ2n) is 2.98. The van der Waals surface area contributed by atoms with Gasteiger partial charge >= 0.3 is 6.03 Å². The van der Waals surface area contributed by atoms with Gasteiger partial charge in [-0.25, -0.2) is 9.78 Å². The maximum absolute atomic E-state index is 11.0. The Kier molecular flexibility index (Phi) is 4.07. The minimum Gasteiger partial charge on any atom is -0.368 e. The van der Waals surface area contributed by atoms with Crippen LogP contribution in [-0.4, -0.2) is 30.0 Å². The molecule has 0 radical (unpaired) electrons. The van der Waals surface area contributed by atoms with Crippen molar-refractivity contribution in [2.75, 3.05) is 18.4 Å². The Morgan fingerprint density at radius 3 is 2.69 bits per heavy atom. The van der Waals surface area contributed by atoms with Crippen molar-refractivity contribution in [3.05, 3.63) is 23.9 Å². The van der Waals surface area contributed by atoms with Crippen LogP contribution in [0.2, 0.25) is 0 Å². The van der Waals surface area contributed by atoms with Crippen molar-refractivity contribution in [2.24, 2.45) is 11.5 Å². The molecule has 0 aliphatic rings. The number of carbonyl (C=O) groups is 2. The zero-order chi connectivity index (χ0) is 12.0. The fraction of sp³-hybridized carbons (Fsp3) is 0.222. The van der Waals surface area contributed by atoms with E-state index in [1.165, 1.54) is 6.20 Å². The summed E-state index contributed by atoms with van der Waals surface area (Å²) in [4.78, 5) is 25.4. The number of rotatable bonds is 5. The van der Waals surface area contributed by atoms with Crippen molar-refractivity contribution >= 4 is 17.8 Å². The van der Waals surface area contributed by atoms with Crippen molar-refractivity contribution in [1.82, 2.24) is 10.3 Å². The van der Waals surface area contributed by atoms with Gasteiger partial charge in [-0.3, -0.25) is 4.79 Å². The predicted molar refractivity (Wildman–Crippen MR) is 58.8 cm³/mol. The number of hydrogen-bond acceptors (Lipinski definition) is 4. The summed E-state index contributed by atoms with van der Waals surface area (Å²) in [5, 5.41) is 5.26. The lowest BCUT2D eigenvalue weighted by Gasteiger charge is -2.08. The number of anilines is 1. The number of urea groups is 1. The maximum Gasteiger partial charge on any atom is 0.312 e. The van der Waals surface area contributed by atoms with Crippen LogP contribution in [0.1, 0.15) is 10.4 Å². The molecule has 0 saturated carbocycles. The summed E-state index contributed by atoms with van der Waals surface area (Å²) >= 11 is 0. The Morgan fingerprint density at radius 1 is 1.31 bits per heavy atom. The third kappa shape index (κ3) is 3.45. The van der Waals surface area contributed by atoms with Gasteiger partial charge in [-0.1, -0.05) is 0 Å². The molecule has 0 aliphatic heterocycles. The molecule has 1 rings (SSSR count). The van der Waals surface area contributed by atoms with Crippen LogP contribution in [0.3, 0.4) is 0 Å². The van der Waals surface area contributed by atoms with Gasteiger partial charge in [-0.2, -0.15) is 0 Å². The van der Waals surface area contributed by atoms with Gasteiger partial charge in [0, 0.05) is 19.3 Å². The van der Waals surface area contributed by atoms with Crippen molar-refractivity contribution < 1.29 is 9.59 Å². The summed E-state index contributed by atoms with van der Waals surface area (Å²) in [5.74, 6) is -0.167. The third-order valence-corrected chi connectivity index (χ3v) is 1.79. The molecule has 16 heavy (non-hydrogen) atoms. The van der Waals surface area contributed by atoms with Gasteiger partial charge in [0.1, 0.15) is 5.82 Å². The summed E-state index contributed by atoms with van der Waals surface area (Å²) in [6.07, 6.45) is 1.54. The third-order valence-electron chi connectivity index (χ3n) is 1.79.